The normalized spacial score (nSPS) is 16.8. The van der Waals surface area contributed by atoms with Crippen LogP contribution in [-0.4, -0.2) is 13.7 Å². The van der Waals surface area contributed by atoms with E-state index in [0.29, 0.717) is 6.04 Å². The number of rotatable bonds is 6. The van der Waals surface area contributed by atoms with Crippen LogP contribution < -0.4 is 10.1 Å². The van der Waals surface area contributed by atoms with Gasteiger partial charge in [0.2, 0.25) is 0 Å². The van der Waals surface area contributed by atoms with Gasteiger partial charge in [-0.25, -0.2) is 0 Å². The van der Waals surface area contributed by atoms with Crippen LogP contribution in [0.2, 0.25) is 0 Å². The predicted octanol–water partition coefficient (Wildman–Crippen LogP) is 4.24. The highest BCUT2D eigenvalue weighted by atomic mass is 16.5. The molecule has 0 bridgehead atoms. The second kappa shape index (κ2) is 7.34. The molecule has 1 unspecified atom stereocenters. The van der Waals surface area contributed by atoms with Crippen LogP contribution >= 0.6 is 0 Å². The molecule has 0 amide bonds. The van der Waals surface area contributed by atoms with Crippen molar-refractivity contribution in [1.82, 2.24) is 5.32 Å². The fourth-order valence-electron chi connectivity index (χ4n) is 2.70. The summed E-state index contributed by atoms with van der Waals surface area (Å²) in [4.78, 5) is 0. The Bertz CT molecular complexity index is 408. The molecule has 2 rings (SSSR count). The Kier molecular flexibility index (Phi) is 5.46. The maximum Gasteiger partial charge on any atom is 0.119 e. The van der Waals surface area contributed by atoms with Crippen LogP contribution in [-0.2, 0) is 0 Å². The predicted molar refractivity (Wildman–Crippen MR) is 80.6 cm³/mol. The number of nitrogens with one attached hydrogen (secondary N) is 1. The zero-order chi connectivity index (χ0) is 13.5. The van der Waals surface area contributed by atoms with E-state index in [4.69, 9.17) is 4.74 Å². The molecule has 19 heavy (non-hydrogen) atoms. The van der Waals surface area contributed by atoms with Crippen molar-refractivity contribution in [3.63, 3.8) is 0 Å². The van der Waals surface area contributed by atoms with Crippen molar-refractivity contribution in [2.75, 3.05) is 13.7 Å². The van der Waals surface area contributed by atoms with E-state index in [9.17, 15) is 0 Å². The molecule has 0 radical (unpaired) electrons. The van der Waals surface area contributed by atoms with Crippen LogP contribution in [0.25, 0.3) is 0 Å². The SMILES string of the molecule is CCOc1ccc(C(CC2=CCCCC2)NC)cc1. The van der Waals surface area contributed by atoms with Crippen LogP contribution in [0.4, 0.5) is 0 Å². The van der Waals surface area contributed by atoms with E-state index in [-0.39, 0.29) is 0 Å². The highest BCUT2D eigenvalue weighted by Crippen LogP contribution is 2.28. The molecule has 1 atom stereocenters. The summed E-state index contributed by atoms with van der Waals surface area (Å²) in [6, 6.07) is 8.90. The second-order valence-corrected chi connectivity index (χ2v) is 5.16. The van der Waals surface area contributed by atoms with E-state index in [1.807, 2.05) is 14.0 Å². The van der Waals surface area contributed by atoms with Crippen molar-refractivity contribution >= 4 is 0 Å². The zero-order valence-electron chi connectivity index (χ0n) is 12.1. The van der Waals surface area contributed by atoms with E-state index < -0.39 is 0 Å². The Balaban J connectivity index is 2.01. The van der Waals surface area contributed by atoms with Gasteiger partial charge >= 0.3 is 0 Å². The van der Waals surface area contributed by atoms with Crippen molar-refractivity contribution in [1.29, 1.82) is 0 Å². The van der Waals surface area contributed by atoms with Crippen LogP contribution in [0, 0.1) is 0 Å². The summed E-state index contributed by atoms with van der Waals surface area (Å²) in [7, 11) is 2.05. The fourth-order valence-corrected chi connectivity index (χ4v) is 2.70. The zero-order valence-corrected chi connectivity index (χ0v) is 12.1. The molecule has 0 saturated heterocycles. The van der Waals surface area contributed by atoms with Crippen molar-refractivity contribution in [2.45, 2.75) is 45.1 Å². The Hall–Kier alpha value is -1.28. The monoisotopic (exact) mass is 259 g/mol. The molecule has 1 aliphatic rings. The van der Waals surface area contributed by atoms with Gasteiger partial charge in [0, 0.05) is 6.04 Å². The van der Waals surface area contributed by atoms with Gasteiger partial charge in [-0.3, -0.25) is 0 Å². The smallest absolute Gasteiger partial charge is 0.119 e. The topological polar surface area (TPSA) is 21.3 Å². The molecule has 2 nitrogen and oxygen atoms in total. The van der Waals surface area contributed by atoms with E-state index in [2.05, 4.69) is 35.7 Å². The molecular formula is C17H25NO. The van der Waals surface area contributed by atoms with E-state index >= 15 is 0 Å². The summed E-state index contributed by atoms with van der Waals surface area (Å²) in [5.74, 6) is 0.956. The quantitative estimate of drug-likeness (QED) is 0.772. The Labute approximate surface area is 116 Å². The molecule has 0 saturated carbocycles. The average molecular weight is 259 g/mol. The first-order valence-electron chi connectivity index (χ1n) is 7.41. The molecule has 0 fully saturated rings. The molecule has 2 heteroatoms. The first kappa shape index (κ1) is 14.1. The number of ether oxygens (including phenoxy) is 1. The average Bonchev–Trinajstić information content (AvgIpc) is 2.47. The lowest BCUT2D eigenvalue weighted by Gasteiger charge is -2.21. The van der Waals surface area contributed by atoms with Gasteiger partial charge in [0.05, 0.1) is 6.61 Å². The molecule has 0 aromatic heterocycles. The van der Waals surface area contributed by atoms with Gasteiger partial charge in [-0.2, -0.15) is 0 Å². The molecule has 0 spiro atoms. The minimum atomic E-state index is 0.417. The van der Waals surface area contributed by atoms with Crippen LogP contribution in [0.5, 0.6) is 5.75 Å². The maximum absolute atomic E-state index is 5.49. The van der Waals surface area contributed by atoms with E-state index in [0.717, 1.165) is 18.8 Å². The highest BCUT2D eigenvalue weighted by Gasteiger charge is 2.13. The van der Waals surface area contributed by atoms with Gasteiger partial charge in [0.25, 0.3) is 0 Å². The molecule has 1 aliphatic carbocycles. The molecule has 1 aromatic rings. The summed E-state index contributed by atoms with van der Waals surface area (Å²) >= 11 is 0. The fraction of sp³-hybridized carbons (Fsp3) is 0.529. The molecule has 104 valence electrons. The Morgan fingerprint density at radius 2 is 2.00 bits per heavy atom. The Morgan fingerprint density at radius 1 is 1.21 bits per heavy atom. The van der Waals surface area contributed by atoms with E-state index in [1.165, 1.54) is 31.2 Å². The standard InChI is InChI=1S/C17H25NO/c1-3-19-16-11-9-15(10-12-16)17(18-2)13-14-7-5-4-6-8-14/h7,9-12,17-18H,3-6,8,13H2,1-2H3. The lowest BCUT2D eigenvalue weighted by Crippen LogP contribution is -2.17. The van der Waals surface area contributed by atoms with Crippen LogP contribution in [0.3, 0.4) is 0 Å². The van der Waals surface area contributed by atoms with Crippen molar-refractivity contribution in [2.24, 2.45) is 0 Å². The molecule has 1 N–H and O–H groups in total. The molecule has 0 heterocycles. The first-order chi connectivity index (χ1) is 9.33. The number of benzene rings is 1. The number of allylic oxidation sites excluding steroid dienone is 1. The first-order valence-corrected chi connectivity index (χ1v) is 7.41. The summed E-state index contributed by atoms with van der Waals surface area (Å²) in [6.07, 6.45) is 8.81. The van der Waals surface area contributed by atoms with E-state index in [1.54, 1.807) is 5.57 Å². The number of hydrogen-bond acceptors (Lipinski definition) is 2. The summed E-state index contributed by atoms with van der Waals surface area (Å²) in [5, 5.41) is 3.44. The van der Waals surface area contributed by atoms with Gasteiger partial charge in [-0.1, -0.05) is 23.8 Å². The molecular weight excluding hydrogens is 234 g/mol. The van der Waals surface area contributed by atoms with Gasteiger partial charge in [-0.05, 0) is 63.8 Å². The number of hydrogen-bond donors (Lipinski definition) is 1. The minimum Gasteiger partial charge on any atom is -0.494 e. The summed E-state index contributed by atoms with van der Waals surface area (Å²) < 4.78 is 5.49. The third-order valence-electron chi connectivity index (χ3n) is 3.79. The third kappa shape index (κ3) is 4.10. The van der Waals surface area contributed by atoms with Crippen molar-refractivity contribution < 1.29 is 4.74 Å². The van der Waals surface area contributed by atoms with Crippen LogP contribution in [0.1, 0.15) is 50.6 Å². The highest BCUT2D eigenvalue weighted by molar-refractivity contribution is 5.30. The molecule has 0 aliphatic heterocycles. The third-order valence-corrected chi connectivity index (χ3v) is 3.79. The van der Waals surface area contributed by atoms with Gasteiger partial charge in [-0.15, -0.1) is 0 Å². The van der Waals surface area contributed by atoms with Crippen LogP contribution in [0.15, 0.2) is 35.9 Å². The maximum atomic E-state index is 5.49. The second-order valence-electron chi connectivity index (χ2n) is 5.16. The van der Waals surface area contributed by atoms with Crippen molar-refractivity contribution in [3.05, 3.63) is 41.5 Å². The lowest BCUT2D eigenvalue weighted by molar-refractivity contribution is 0.340. The van der Waals surface area contributed by atoms with Gasteiger partial charge in [0.15, 0.2) is 0 Å². The Morgan fingerprint density at radius 3 is 2.58 bits per heavy atom. The van der Waals surface area contributed by atoms with Gasteiger partial charge in [0.1, 0.15) is 5.75 Å². The minimum absolute atomic E-state index is 0.417. The summed E-state index contributed by atoms with van der Waals surface area (Å²) in [5.41, 5.74) is 2.96. The summed E-state index contributed by atoms with van der Waals surface area (Å²) in [6.45, 7) is 2.74. The molecule has 1 aromatic carbocycles. The van der Waals surface area contributed by atoms with Gasteiger partial charge < -0.3 is 10.1 Å². The lowest BCUT2D eigenvalue weighted by atomic mass is 9.91. The largest absolute Gasteiger partial charge is 0.494 e. The van der Waals surface area contributed by atoms with Crippen molar-refractivity contribution in [3.8, 4) is 5.75 Å².